The molecule has 3 aromatic carbocycles. The third kappa shape index (κ3) is 7.07. The molecule has 0 saturated carbocycles. The zero-order valence-corrected chi connectivity index (χ0v) is 17.9. The van der Waals surface area contributed by atoms with E-state index in [-0.39, 0.29) is 6.61 Å². The third-order valence-electron chi connectivity index (χ3n) is 4.10. The van der Waals surface area contributed by atoms with Crippen LogP contribution in [0.4, 0.5) is 0 Å². The number of thioether (sulfide) groups is 1. The van der Waals surface area contributed by atoms with Crippen LogP contribution >= 0.6 is 23.4 Å². The Morgan fingerprint density at radius 3 is 2.26 bits per heavy atom. The Morgan fingerprint density at radius 1 is 0.935 bits per heavy atom. The Balaban J connectivity index is 1.41. The van der Waals surface area contributed by atoms with Gasteiger partial charge in [-0.1, -0.05) is 23.7 Å². The van der Waals surface area contributed by atoms with Gasteiger partial charge in [-0.15, -0.1) is 11.8 Å². The van der Waals surface area contributed by atoms with Crippen LogP contribution in [0.3, 0.4) is 0 Å². The number of hydrazine groups is 1. The van der Waals surface area contributed by atoms with Crippen molar-refractivity contribution in [2.45, 2.75) is 10.6 Å². The summed E-state index contributed by atoms with van der Waals surface area (Å²) in [6.45, 7) is -0.271. The molecular formula is C23H18ClN3O3S. The summed E-state index contributed by atoms with van der Waals surface area (Å²) in [6, 6.07) is 23.1. The van der Waals surface area contributed by atoms with E-state index in [4.69, 9.17) is 21.6 Å². The predicted octanol–water partition coefficient (Wildman–Crippen LogP) is 4.34. The van der Waals surface area contributed by atoms with Crippen LogP contribution in [0.1, 0.15) is 21.5 Å². The maximum absolute atomic E-state index is 12.2. The summed E-state index contributed by atoms with van der Waals surface area (Å²) < 4.78 is 5.31. The normalized spacial score (nSPS) is 10.1. The SMILES string of the molecule is N#Cc1ccc(OCC(=O)NNC(=O)c2ccc(CSc3ccc(Cl)cc3)cc2)cc1. The van der Waals surface area contributed by atoms with Gasteiger partial charge in [0.05, 0.1) is 11.6 Å². The number of rotatable bonds is 7. The molecule has 0 aromatic heterocycles. The average Bonchev–Trinajstić information content (AvgIpc) is 2.81. The molecule has 0 aliphatic carbocycles. The van der Waals surface area contributed by atoms with Crippen molar-refractivity contribution in [3.05, 3.63) is 94.5 Å². The minimum Gasteiger partial charge on any atom is -0.484 e. The average molecular weight is 452 g/mol. The predicted molar refractivity (Wildman–Crippen MR) is 120 cm³/mol. The second-order valence-corrected chi connectivity index (χ2v) is 7.85. The minimum atomic E-state index is -0.506. The van der Waals surface area contributed by atoms with Crippen LogP contribution < -0.4 is 15.6 Å². The monoisotopic (exact) mass is 451 g/mol. The van der Waals surface area contributed by atoms with Gasteiger partial charge in [-0.25, -0.2) is 0 Å². The van der Waals surface area contributed by atoms with E-state index in [9.17, 15) is 9.59 Å². The van der Waals surface area contributed by atoms with Gasteiger partial charge in [0.15, 0.2) is 6.61 Å². The van der Waals surface area contributed by atoms with E-state index in [2.05, 4.69) is 10.9 Å². The number of halogens is 1. The lowest BCUT2D eigenvalue weighted by atomic mass is 10.1. The number of carbonyl (C=O) groups excluding carboxylic acids is 2. The lowest BCUT2D eigenvalue weighted by Gasteiger charge is -2.09. The molecule has 0 unspecified atom stereocenters. The Morgan fingerprint density at radius 2 is 1.61 bits per heavy atom. The molecule has 2 amide bonds. The first-order valence-corrected chi connectivity index (χ1v) is 10.6. The van der Waals surface area contributed by atoms with E-state index in [1.54, 1.807) is 48.2 Å². The van der Waals surface area contributed by atoms with Crippen molar-refractivity contribution in [2.24, 2.45) is 0 Å². The van der Waals surface area contributed by atoms with E-state index < -0.39 is 11.8 Å². The lowest BCUT2D eigenvalue weighted by molar-refractivity contribution is -0.123. The highest BCUT2D eigenvalue weighted by Gasteiger charge is 2.08. The van der Waals surface area contributed by atoms with E-state index in [1.807, 2.05) is 42.5 Å². The molecule has 0 radical (unpaired) electrons. The molecule has 0 bridgehead atoms. The van der Waals surface area contributed by atoms with Crippen molar-refractivity contribution in [1.82, 2.24) is 10.9 Å². The maximum atomic E-state index is 12.2. The number of nitrogens with one attached hydrogen (secondary N) is 2. The summed E-state index contributed by atoms with van der Waals surface area (Å²) in [4.78, 5) is 25.2. The van der Waals surface area contributed by atoms with E-state index in [0.29, 0.717) is 21.9 Å². The van der Waals surface area contributed by atoms with Crippen molar-refractivity contribution in [2.75, 3.05) is 6.61 Å². The molecule has 6 nitrogen and oxygen atoms in total. The summed E-state index contributed by atoms with van der Waals surface area (Å²) in [5.74, 6) is 0.275. The number of amides is 2. The first-order chi connectivity index (χ1) is 15.0. The van der Waals surface area contributed by atoms with Gasteiger partial charge < -0.3 is 4.74 Å². The van der Waals surface area contributed by atoms with Crippen LogP contribution in [0.2, 0.25) is 5.02 Å². The second-order valence-electron chi connectivity index (χ2n) is 6.37. The number of nitrogens with zero attached hydrogens (tertiary/aromatic N) is 1. The van der Waals surface area contributed by atoms with E-state index in [1.165, 1.54) is 0 Å². The number of benzene rings is 3. The molecule has 3 aromatic rings. The van der Waals surface area contributed by atoms with Gasteiger partial charge in [-0.3, -0.25) is 20.4 Å². The van der Waals surface area contributed by atoms with Gasteiger partial charge in [0.1, 0.15) is 5.75 Å². The molecule has 0 saturated heterocycles. The number of nitriles is 1. The maximum Gasteiger partial charge on any atom is 0.276 e. The first-order valence-electron chi connectivity index (χ1n) is 9.23. The molecule has 0 aliphatic rings. The van der Waals surface area contributed by atoms with Gasteiger partial charge >= 0.3 is 0 Å². The Hall–Kier alpha value is -3.47. The van der Waals surface area contributed by atoms with Crippen molar-refractivity contribution in [1.29, 1.82) is 5.26 Å². The summed E-state index contributed by atoms with van der Waals surface area (Å²) in [6.07, 6.45) is 0. The van der Waals surface area contributed by atoms with Crippen molar-refractivity contribution < 1.29 is 14.3 Å². The standard InChI is InChI=1S/C23H18ClN3O3S/c24-19-7-11-21(12-8-19)31-15-17-1-5-18(6-2-17)23(29)27-26-22(28)14-30-20-9-3-16(13-25)4-10-20/h1-12H,14-15H2,(H,26,28)(H,27,29). The van der Waals surface area contributed by atoms with Gasteiger partial charge in [0.25, 0.3) is 11.8 Å². The number of hydrogen-bond acceptors (Lipinski definition) is 5. The minimum absolute atomic E-state index is 0.271. The largest absolute Gasteiger partial charge is 0.484 e. The van der Waals surface area contributed by atoms with Crippen molar-refractivity contribution in [3.63, 3.8) is 0 Å². The molecular weight excluding hydrogens is 434 g/mol. The molecule has 0 heterocycles. The van der Waals surface area contributed by atoms with Crippen LogP contribution in [0, 0.1) is 11.3 Å². The highest BCUT2D eigenvalue weighted by atomic mass is 35.5. The van der Waals surface area contributed by atoms with Crippen molar-refractivity contribution >= 4 is 35.2 Å². The van der Waals surface area contributed by atoms with Gasteiger partial charge in [-0.05, 0) is 66.2 Å². The Bertz CT molecular complexity index is 1080. The van der Waals surface area contributed by atoms with Crippen LogP contribution in [-0.4, -0.2) is 18.4 Å². The number of hydrogen-bond donors (Lipinski definition) is 2. The summed E-state index contributed by atoms with van der Waals surface area (Å²) >= 11 is 7.56. The zero-order chi connectivity index (χ0) is 22.1. The molecule has 8 heteroatoms. The fourth-order valence-electron chi connectivity index (χ4n) is 2.46. The molecule has 3 rings (SSSR count). The molecule has 31 heavy (non-hydrogen) atoms. The zero-order valence-electron chi connectivity index (χ0n) is 16.3. The van der Waals surface area contributed by atoms with Gasteiger partial charge in [0.2, 0.25) is 0 Å². The number of carbonyl (C=O) groups is 2. The quantitative estimate of drug-likeness (QED) is 0.411. The lowest BCUT2D eigenvalue weighted by Crippen LogP contribution is -2.43. The fraction of sp³-hybridized carbons (Fsp3) is 0.0870. The third-order valence-corrected chi connectivity index (χ3v) is 5.44. The van der Waals surface area contributed by atoms with Gasteiger partial charge in [-0.2, -0.15) is 5.26 Å². The summed E-state index contributed by atoms with van der Waals surface area (Å²) in [5, 5.41) is 9.46. The topological polar surface area (TPSA) is 91.2 Å². The van der Waals surface area contributed by atoms with E-state index in [0.717, 1.165) is 16.2 Å². The summed E-state index contributed by atoms with van der Waals surface area (Å²) in [5.41, 5.74) is 6.65. The first kappa shape index (κ1) is 22.2. The molecule has 156 valence electrons. The Kier molecular flexibility index (Phi) is 7.93. The van der Waals surface area contributed by atoms with Crippen molar-refractivity contribution in [3.8, 4) is 11.8 Å². The summed E-state index contributed by atoms with van der Waals surface area (Å²) in [7, 11) is 0. The van der Waals surface area contributed by atoms with Crippen LogP contribution in [0.5, 0.6) is 5.75 Å². The smallest absolute Gasteiger partial charge is 0.276 e. The van der Waals surface area contributed by atoms with E-state index >= 15 is 0 Å². The molecule has 0 aliphatic heterocycles. The fourth-order valence-corrected chi connectivity index (χ4v) is 3.44. The molecule has 0 fully saturated rings. The van der Waals surface area contributed by atoms with Crippen LogP contribution in [0.25, 0.3) is 0 Å². The second kappa shape index (κ2) is 11.1. The highest BCUT2D eigenvalue weighted by Crippen LogP contribution is 2.24. The number of ether oxygens (including phenoxy) is 1. The van der Waals surface area contributed by atoms with Gasteiger partial charge in [0, 0.05) is 21.2 Å². The molecule has 2 N–H and O–H groups in total. The Labute approximate surface area is 189 Å². The molecule has 0 atom stereocenters. The van der Waals surface area contributed by atoms with Crippen LogP contribution in [0.15, 0.2) is 77.7 Å². The molecule has 0 spiro atoms. The van der Waals surface area contributed by atoms with Crippen LogP contribution in [-0.2, 0) is 10.5 Å². The highest BCUT2D eigenvalue weighted by molar-refractivity contribution is 7.98.